The SMILES string of the molecule is CCCn1ccc(-c2ncccc2Cl)n1. The molecule has 3 nitrogen and oxygen atoms in total. The number of hydrogen-bond acceptors (Lipinski definition) is 2. The molecule has 0 aromatic carbocycles. The van der Waals surface area contributed by atoms with Gasteiger partial charge in [0.2, 0.25) is 0 Å². The van der Waals surface area contributed by atoms with Gasteiger partial charge in [-0.3, -0.25) is 9.67 Å². The van der Waals surface area contributed by atoms with Crippen molar-refractivity contribution in [3.8, 4) is 11.4 Å². The monoisotopic (exact) mass is 221 g/mol. The van der Waals surface area contributed by atoms with Crippen molar-refractivity contribution in [2.24, 2.45) is 0 Å². The van der Waals surface area contributed by atoms with Gasteiger partial charge in [-0.15, -0.1) is 0 Å². The maximum atomic E-state index is 6.03. The van der Waals surface area contributed by atoms with Crippen molar-refractivity contribution in [1.29, 1.82) is 0 Å². The molecule has 2 heterocycles. The summed E-state index contributed by atoms with van der Waals surface area (Å²) < 4.78 is 1.90. The average molecular weight is 222 g/mol. The molecule has 0 aliphatic heterocycles. The van der Waals surface area contributed by atoms with Crippen LogP contribution in [-0.4, -0.2) is 14.8 Å². The number of hydrogen-bond donors (Lipinski definition) is 0. The van der Waals surface area contributed by atoms with E-state index in [0.29, 0.717) is 5.02 Å². The maximum Gasteiger partial charge on any atom is 0.112 e. The average Bonchev–Trinajstić information content (AvgIpc) is 2.68. The molecule has 2 aromatic rings. The highest BCUT2D eigenvalue weighted by Crippen LogP contribution is 2.22. The van der Waals surface area contributed by atoms with Crippen LogP contribution in [0.3, 0.4) is 0 Å². The van der Waals surface area contributed by atoms with E-state index >= 15 is 0 Å². The molecule has 0 N–H and O–H groups in total. The molecule has 4 heteroatoms. The third-order valence-electron chi connectivity index (χ3n) is 2.09. The van der Waals surface area contributed by atoms with E-state index in [-0.39, 0.29) is 0 Å². The molecule has 0 bridgehead atoms. The molecule has 0 spiro atoms. The van der Waals surface area contributed by atoms with Crippen LogP contribution in [-0.2, 0) is 6.54 Å². The Morgan fingerprint density at radius 3 is 3.00 bits per heavy atom. The van der Waals surface area contributed by atoms with Crippen molar-refractivity contribution in [3.63, 3.8) is 0 Å². The van der Waals surface area contributed by atoms with E-state index in [1.165, 1.54) is 0 Å². The highest BCUT2D eigenvalue weighted by atomic mass is 35.5. The summed E-state index contributed by atoms with van der Waals surface area (Å²) in [5.74, 6) is 0. The molecule has 0 atom stereocenters. The Hall–Kier alpha value is -1.35. The second-order valence-corrected chi connectivity index (χ2v) is 3.71. The van der Waals surface area contributed by atoms with Crippen molar-refractivity contribution in [2.45, 2.75) is 19.9 Å². The summed E-state index contributed by atoms with van der Waals surface area (Å²) in [6.45, 7) is 3.04. The number of rotatable bonds is 3. The van der Waals surface area contributed by atoms with Crippen LogP contribution < -0.4 is 0 Å². The first-order chi connectivity index (χ1) is 7.31. The summed E-state index contributed by atoms with van der Waals surface area (Å²) in [4.78, 5) is 4.21. The molecule has 0 aliphatic carbocycles. The fraction of sp³-hybridized carbons (Fsp3) is 0.273. The van der Waals surface area contributed by atoms with Crippen LogP contribution in [0, 0.1) is 0 Å². The smallest absolute Gasteiger partial charge is 0.112 e. The van der Waals surface area contributed by atoms with Crippen molar-refractivity contribution in [2.75, 3.05) is 0 Å². The van der Waals surface area contributed by atoms with Crippen LogP contribution in [0.25, 0.3) is 11.4 Å². The number of nitrogens with zero attached hydrogens (tertiary/aromatic N) is 3. The summed E-state index contributed by atoms with van der Waals surface area (Å²) in [5, 5.41) is 5.04. The number of aryl methyl sites for hydroxylation is 1. The fourth-order valence-electron chi connectivity index (χ4n) is 1.42. The van der Waals surface area contributed by atoms with E-state index < -0.39 is 0 Å². The van der Waals surface area contributed by atoms with Crippen molar-refractivity contribution in [1.82, 2.24) is 14.8 Å². The zero-order chi connectivity index (χ0) is 10.7. The van der Waals surface area contributed by atoms with Gasteiger partial charge in [-0.25, -0.2) is 0 Å². The van der Waals surface area contributed by atoms with Gasteiger partial charge in [-0.05, 0) is 24.6 Å². The minimum atomic E-state index is 0.638. The molecule has 2 aromatic heterocycles. The summed E-state index contributed by atoms with van der Waals surface area (Å²) in [6.07, 6.45) is 4.74. The van der Waals surface area contributed by atoms with E-state index in [1.807, 2.05) is 29.1 Å². The summed E-state index contributed by atoms with van der Waals surface area (Å²) in [7, 11) is 0. The Morgan fingerprint density at radius 2 is 2.27 bits per heavy atom. The van der Waals surface area contributed by atoms with Gasteiger partial charge < -0.3 is 0 Å². The van der Waals surface area contributed by atoms with Crippen LogP contribution in [0.1, 0.15) is 13.3 Å². The second-order valence-electron chi connectivity index (χ2n) is 3.30. The summed E-state index contributed by atoms with van der Waals surface area (Å²) >= 11 is 6.03. The highest BCUT2D eigenvalue weighted by Gasteiger charge is 2.06. The van der Waals surface area contributed by atoms with E-state index in [0.717, 1.165) is 24.4 Å². The van der Waals surface area contributed by atoms with Crippen LogP contribution in [0.2, 0.25) is 5.02 Å². The Kier molecular flexibility index (Phi) is 3.02. The van der Waals surface area contributed by atoms with Crippen LogP contribution in [0.4, 0.5) is 0 Å². The van der Waals surface area contributed by atoms with Crippen LogP contribution >= 0.6 is 11.6 Å². The largest absolute Gasteiger partial charge is 0.272 e. The molecule has 0 aliphatic rings. The lowest BCUT2D eigenvalue weighted by Gasteiger charge is -1.99. The number of halogens is 1. The maximum absolute atomic E-state index is 6.03. The van der Waals surface area contributed by atoms with Crippen molar-refractivity contribution in [3.05, 3.63) is 35.6 Å². The highest BCUT2D eigenvalue weighted by molar-refractivity contribution is 6.32. The first-order valence-corrected chi connectivity index (χ1v) is 5.33. The number of aromatic nitrogens is 3. The molecule has 0 saturated carbocycles. The molecule has 15 heavy (non-hydrogen) atoms. The topological polar surface area (TPSA) is 30.7 Å². The van der Waals surface area contributed by atoms with Gasteiger partial charge in [0.05, 0.1) is 5.02 Å². The lowest BCUT2D eigenvalue weighted by atomic mass is 10.3. The van der Waals surface area contributed by atoms with Crippen molar-refractivity contribution < 1.29 is 0 Å². The molecule has 2 rings (SSSR count). The third-order valence-corrected chi connectivity index (χ3v) is 2.40. The minimum absolute atomic E-state index is 0.638. The van der Waals surface area contributed by atoms with Gasteiger partial charge in [0.1, 0.15) is 11.4 Å². The Morgan fingerprint density at radius 1 is 1.40 bits per heavy atom. The van der Waals surface area contributed by atoms with Gasteiger partial charge >= 0.3 is 0 Å². The molecular formula is C11H12ClN3. The van der Waals surface area contributed by atoms with Crippen LogP contribution in [0.5, 0.6) is 0 Å². The van der Waals surface area contributed by atoms with E-state index in [4.69, 9.17) is 11.6 Å². The first-order valence-electron chi connectivity index (χ1n) is 4.95. The molecule has 0 unspecified atom stereocenters. The zero-order valence-corrected chi connectivity index (χ0v) is 9.28. The quantitative estimate of drug-likeness (QED) is 0.798. The lowest BCUT2D eigenvalue weighted by molar-refractivity contribution is 0.604. The van der Waals surface area contributed by atoms with Crippen LogP contribution in [0.15, 0.2) is 30.6 Å². The molecule has 0 fully saturated rings. The Bertz CT molecular complexity index is 451. The third kappa shape index (κ3) is 2.18. The van der Waals surface area contributed by atoms with E-state index in [1.54, 1.807) is 6.20 Å². The first kappa shape index (κ1) is 10.2. The van der Waals surface area contributed by atoms with E-state index in [9.17, 15) is 0 Å². The number of pyridine rings is 1. The standard InChI is InChI=1S/C11H12ClN3/c1-2-7-15-8-5-10(14-15)11-9(12)4-3-6-13-11/h3-6,8H,2,7H2,1H3. The minimum Gasteiger partial charge on any atom is -0.272 e. The molecule has 0 saturated heterocycles. The Labute approximate surface area is 93.7 Å². The predicted octanol–water partition coefficient (Wildman–Crippen LogP) is 3.01. The second kappa shape index (κ2) is 4.45. The van der Waals surface area contributed by atoms with Gasteiger partial charge in [0.25, 0.3) is 0 Å². The predicted molar refractivity (Wildman–Crippen MR) is 60.8 cm³/mol. The van der Waals surface area contributed by atoms with Gasteiger partial charge in [-0.2, -0.15) is 5.10 Å². The molecule has 78 valence electrons. The normalized spacial score (nSPS) is 10.5. The zero-order valence-electron chi connectivity index (χ0n) is 8.52. The van der Waals surface area contributed by atoms with Crippen molar-refractivity contribution >= 4 is 11.6 Å². The lowest BCUT2D eigenvalue weighted by Crippen LogP contribution is -1.97. The van der Waals surface area contributed by atoms with Gasteiger partial charge in [0.15, 0.2) is 0 Å². The van der Waals surface area contributed by atoms with Gasteiger partial charge in [0, 0.05) is 18.9 Å². The molecule has 0 radical (unpaired) electrons. The Balaban J connectivity index is 2.33. The summed E-state index contributed by atoms with van der Waals surface area (Å²) in [6, 6.07) is 5.57. The van der Waals surface area contributed by atoms with E-state index in [2.05, 4.69) is 17.0 Å². The summed E-state index contributed by atoms with van der Waals surface area (Å²) in [5.41, 5.74) is 1.57. The molecule has 0 amide bonds. The van der Waals surface area contributed by atoms with Gasteiger partial charge in [-0.1, -0.05) is 18.5 Å². The fourth-order valence-corrected chi connectivity index (χ4v) is 1.63. The molecular weight excluding hydrogens is 210 g/mol.